The molecule has 2 aliphatic rings. The molecule has 1 heterocycles. The van der Waals surface area contributed by atoms with Gasteiger partial charge in [-0.25, -0.2) is 0 Å². The Kier molecular flexibility index (Phi) is 5.79. The molecule has 1 saturated heterocycles. The average molecular weight is 283 g/mol. The molecule has 0 radical (unpaired) electrons. The van der Waals surface area contributed by atoms with Gasteiger partial charge in [0.15, 0.2) is 0 Å². The lowest BCUT2D eigenvalue weighted by Gasteiger charge is -2.18. The highest BCUT2D eigenvalue weighted by Gasteiger charge is 2.33. The summed E-state index contributed by atoms with van der Waals surface area (Å²) in [5.74, 6) is 0.222. The van der Waals surface area contributed by atoms with E-state index in [1.807, 2.05) is 0 Å². The van der Waals surface area contributed by atoms with Crippen molar-refractivity contribution in [2.75, 3.05) is 32.8 Å². The fourth-order valence-electron chi connectivity index (χ4n) is 2.34. The van der Waals surface area contributed by atoms with Gasteiger partial charge in [0.25, 0.3) is 0 Å². The predicted octanol–water partition coefficient (Wildman–Crippen LogP) is -0.357. The first-order chi connectivity index (χ1) is 9.72. The number of carbonyl (C=O) groups is 2. The van der Waals surface area contributed by atoms with Crippen LogP contribution in [0.1, 0.15) is 26.2 Å². The van der Waals surface area contributed by atoms with E-state index in [9.17, 15) is 9.59 Å². The van der Waals surface area contributed by atoms with E-state index in [0.717, 1.165) is 25.8 Å². The number of amides is 2. The number of hydrogen-bond donors (Lipinski definition) is 3. The van der Waals surface area contributed by atoms with Crippen molar-refractivity contribution < 1.29 is 14.3 Å². The predicted molar refractivity (Wildman–Crippen MR) is 75.1 cm³/mol. The van der Waals surface area contributed by atoms with Crippen molar-refractivity contribution >= 4 is 11.8 Å². The summed E-state index contributed by atoms with van der Waals surface area (Å²) in [6, 6.07) is 0.107. The molecule has 2 rings (SSSR count). The maximum atomic E-state index is 12.1. The van der Waals surface area contributed by atoms with Crippen LogP contribution < -0.4 is 16.0 Å². The molecule has 114 valence electrons. The molecule has 20 heavy (non-hydrogen) atoms. The normalized spacial score (nSPS) is 25.4. The number of rotatable bonds is 8. The molecular weight excluding hydrogens is 258 g/mol. The van der Waals surface area contributed by atoms with Gasteiger partial charge in [0, 0.05) is 25.0 Å². The largest absolute Gasteiger partial charge is 0.379 e. The number of ether oxygens (including phenoxy) is 1. The van der Waals surface area contributed by atoms with E-state index in [1.165, 1.54) is 0 Å². The molecule has 0 bridgehead atoms. The molecule has 0 aromatic heterocycles. The Morgan fingerprint density at radius 3 is 2.40 bits per heavy atom. The summed E-state index contributed by atoms with van der Waals surface area (Å²) in [4.78, 5) is 23.5. The first-order valence-electron chi connectivity index (χ1n) is 7.59. The van der Waals surface area contributed by atoms with Gasteiger partial charge in [-0.3, -0.25) is 9.59 Å². The molecule has 6 heteroatoms. The van der Waals surface area contributed by atoms with Crippen LogP contribution in [0.2, 0.25) is 0 Å². The van der Waals surface area contributed by atoms with E-state index in [4.69, 9.17) is 4.74 Å². The molecular formula is C14H25N3O3. The SMILES string of the molecule is CCCNC1COCC1C(=O)NCCNC(=O)C1CC1. The smallest absolute Gasteiger partial charge is 0.227 e. The number of hydrogen-bond acceptors (Lipinski definition) is 4. The van der Waals surface area contributed by atoms with Gasteiger partial charge in [-0.2, -0.15) is 0 Å². The van der Waals surface area contributed by atoms with Crippen LogP contribution >= 0.6 is 0 Å². The zero-order chi connectivity index (χ0) is 14.4. The first-order valence-corrected chi connectivity index (χ1v) is 7.59. The van der Waals surface area contributed by atoms with Gasteiger partial charge in [0.05, 0.1) is 19.1 Å². The van der Waals surface area contributed by atoms with Crippen molar-refractivity contribution in [3.63, 3.8) is 0 Å². The number of carbonyl (C=O) groups excluding carboxylic acids is 2. The monoisotopic (exact) mass is 283 g/mol. The zero-order valence-electron chi connectivity index (χ0n) is 12.1. The van der Waals surface area contributed by atoms with Crippen LogP contribution in [0.5, 0.6) is 0 Å². The van der Waals surface area contributed by atoms with Gasteiger partial charge in [0.2, 0.25) is 11.8 Å². The van der Waals surface area contributed by atoms with Crippen molar-refractivity contribution in [2.24, 2.45) is 11.8 Å². The summed E-state index contributed by atoms with van der Waals surface area (Å²) in [6.07, 6.45) is 3.04. The second-order valence-electron chi connectivity index (χ2n) is 5.56. The average Bonchev–Trinajstić information content (AvgIpc) is 3.19. The van der Waals surface area contributed by atoms with Crippen molar-refractivity contribution in [3.05, 3.63) is 0 Å². The minimum absolute atomic E-state index is 0.0109. The highest BCUT2D eigenvalue weighted by molar-refractivity contribution is 5.81. The molecule has 0 aromatic carbocycles. The van der Waals surface area contributed by atoms with Crippen molar-refractivity contribution in [1.29, 1.82) is 0 Å². The van der Waals surface area contributed by atoms with Crippen LogP contribution in [0.25, 0.3) is 0 Å². The summed E-state index contributed by atoms with van der Waals surface area (Å²) in [5, 5.41) is 9.05. The highest BCUT2D eigenvalue weighted by Crippen LogP contribution is 2.28. The van der Waals surface area contributed by atoms with Crippen molar-refractivity contribution in [3.8, 4) is 0 Å². The van der Waals surface area contributed by atoms with E-state index in [-0.39, 0.29) is 29.7 Å². The first kappa shape index (κ1) is 15.3. The van der Waals surface area contributed by atoms with E-state index >= 15 is 0 Å². The van der Waals surface area contributed by atoms with Gasteiger partial charge in [0.1, 0.15) is 0 Å². The van der Waals surface area contributed by atoms with Crippen LogP contribution in [0.3, 0.4) is 0 Å². The second kappa shape index (κ2) is 7.59. The summed E-state index contributed by atoms with van der Waals surface area (Å²) in [6.45, 7) is 5.05. The number of nitrogens with one attached hydrogen (secondary N) is 3. The third-order valence-electron chi connectivity index (χ3n) is 3.75. The minimum Gasteiger partial charge on any atom is -0.379 e. The van der Waals surface area contributed by atoms with E-state index in [0.29, 0.717) is 26.3 Å². The lowest BCUT2D eigenvalue weighted by Crippen LogP contribution is -2.45. The van der Waals surface area contributed by atoms with Crippen LogP contribution in [0, 0.1) is 11.8 Å². The lowest BCUT2D eigenvalue weighted by atomic mass is 10.0. The minimum atomic E-state index is -0.124. The van der Waals surface area contributed by atoms with E-state index in [2.05, 4.69) is 22.9 Å². The molecule has 0 spiro atoms. The van der Waals surface area contributed by atoms with Gasteiger partial charge >= 0.3 is 0 Å². The quantitative estimate of drug-likeness (QED) is 0.532. The molecule has 0 aromatic rings. The molecule has 1 saturated carbocycles. The Hall–Kier alpha value is -1.14. The van der Waals surface area contributed by atoms with Gasteiger partial charge in [-0.15, -0.1) is 0 Å². The van der Waals surface area contributed by atoms with Crippen LogP contribution in [-0.2, 0) is 14.3 Å². The Balaban J connectivity index is 1.61. The summed E-state index contributed by atoms with van der Waals surface area (Å²) in [5.41, 5.74) is 0. The molecule has 6 nitrogen and oxygen atoms in total. The second-order valence-corrected chi connectivity index (χ2v) is 5.56. The fourth-order valence-corrected chi connectivity index (χ4v) is 2.34. The lowest BCUT2D eigenvalue weighted by molar-refractivity contribution is -0.126. The Morgan fingerprint density at radius 1 is 1.05 bits per heavy atom. The maximum absolute atomic E-state index is 12.1. The molecule has 1 aliphatic carbocycles. The van der Waals surface area contributed by atoms with Gasteiger partial charge < -0.3 is 20.7 Å². The summed E-state index contributed by atoms with van der Waals surface area (Å²) in [7, 11) is 0. The van der Waals surface area contributed by atoms with Crippen molar-refractivity contribution in [1.82, 2.24) is 16.0 Å². The van der Waals surface area contributed by atoms with Gasteiger partial charge in [-0.05, 0) is 25.8 Å². The molecule has 2 unspecified atom stereocenters. The van der Waals surface area contributed by atoms with Crippen LogP contribution in [0.15, 0.2) is 0 Å². The highest BCUT2D eigenvalue weighted by atomic mass is 16.5. The topological polar surface area (TPSA) is 79.5 Å². The Morgan fingerprint density at radius 2 is 1.75 bits per heavy atom. The summed E-state index contributed by atoms with van der Waals surface area (Å²) < 4.78 is 5.38. The Bertz CT molecular complexity index is 345. The zero-order valence-corrected chi connectivity index (χ0v) is 12.1. The van der Waals surface area contributed by atoms with E-state index in [1.54, 1.807) is 0 Å². The molecule has 2 atom stereocenters. The fraction of sp³-hybridized carbons (Fsp3) is 0.857. The molecule has 2 fully saturated rings. The molecule has 1 aliphatic heterocycles. The van der Waals surface area contributed by atoms with Crippen LogP contribution in [-0.4, -0.2) is 50.7 Å². The van der Waals surface area contributed by atoms with Crippen molar-refractivity contribution in [2.45, 2.75) is 32.2 Å². The third-order valence-corrected chi connectivity index (χ3v) is 3.75. The Labute approximate surface area is 120 Å². The molecule has 3 N–H and O–H groups in total. The maximum Gasteiger partial charge on any atom is 0.227 e. The molecule has 2 amide bonds. The van der Waals surface area contributed by atoms with E-state index < -0.39 is 0 Å². The van der Waals surface area contributed by atoms with Gasteiger partial charge in [-0.1, -0.05) is 6.92 Å². The third kappa shape index (κ3) is 4.45. The summed E-state index contributed by atoms with van der Waals surface area (Å²) >= 11 is 0. The standard InChI is InChI=1S/C14H25N3O3/c1-2-5-15-12-9-20-8-11(12)14(19)17-7-6-16-13(18)10-3-4-10/h10-12,15H,2-9H2,1H3,(H,16,18)(H,17,19). The van der Waals surface area contributed by atoms with Crippen LogP contribution in [0.4, 0.5) is 0 Å².